The zero-order valence-corrected chi connectivity index (χ0v) is 14.7. The van der Waals surface area contributed by atoms with Crippen LogP contribution in [0.3, 0.4) is 0 Å². The highest BCUT2D eigenvalue weighted by molar-refractivity contribution is 5.06. The first-order chi connectivity index (χ1) is 11.2. The summed E-state index contributed by atoms with van der Waals surface area (Å²) in [4.78, 5) is 4.24. The van der Waals surface area contributed by atoms with Crippen molar-refractivity contribution in [2.24, 2.45) is 0 Å². The molecular weight excluding hydrogens is 294 g/mol. The maximum atomic E-state index is 8.69. The standard InChI is InChI=1S/C10H13N3O.C5H10O2.C2H6/c1-3-10-11-4-5-13(10)7-9-6-8(2)14-12-9;6-5-3-1-2-4-7-5;1-2/h4-6H,3,7H2,1-2H3;5-6H,1-4H2;1-2H3. The van der Waals surface area contributed by atoms with Gasteiger partial charge in [-0.3, -0.25) is 0 Å². The van der Waals surface area contributed by atoms with Crippen LogP contribution in [0.4, 0.5) is 0 Å². The van der Waals surface area contributed by atoms with Gasteiger partial charge in [0.1, 0.15) is 17.3 Å². The molecule has 0 saturated carbocycles. The van der Waals surface area contributed by atoms with Crippen LogP contribution in [0.15, 0.2) is 23.0 Å². The Hall–Kier alpha value is -1.66. The summed E-state index contributed by atoms with van der Waals surface area (Å²) in [5.41, 5.74) is 0.940. The normalized spacial score (nSPS) is 16.8. The number of aliphatic hydroxyl groups is 1. The highest BCUT2D eigenvalue weighted by atomic mass is 16.6. The van der Waals surface area contributed by atoms with Crippen molar-refractivity contribution in [3.05, 3.63) is 35.7 Å². The molecule has 1 aliphatic rings. The Balaban J connectivity index is 0.000000247. The van der Waals surface area contributed by atoms with Gasteiger partial charge in [-0.25, -0.2) is 4.98 Å². The van der Waals surface area contributed by atoms with Crippen LogP contribution in [0.2, 0.25) is 0 Å². The maximum absolute atomic E-state index is 8.69. The van der Waals surface area contributed by atoms with Gasteiger partial charge in [0, 0.05) is 31.5 Å². The monoisotopic (exact) mass is 323 g/mol. The summed E-state index contributed by atoms with van der Waals surface area (Å²) in [7, 11) is 0. The van der Waals surface area contributed by atoms with Crippen LogP contribution in [-0.4, -0.2) is 32.7 Å². The second-order valence-electron chi connectivity index (χ2n) is 5.08. The van der Waals surface area contributed by atoms with E-state index in [1.165, 1.54) is 0 Å². The molecule has 130 valence electrons. The third-order valence-corrected chi connectivity index (χ3v) is 3.28. The molecule has 0 aromatic carbocycles. The van der Waals surface area contributed by atoms with Crippen molar-refractivity contribution in [3.8, 4) is 0 Å². The highest BCUT2D eigenvalue weighted by Gasteiger charge is 2.07. The lowest BCUT2D eigenvalue weighted by Gasteiger charge is -2.16. The van der Waals surface area contributed by atoms with Crippen molar-refractivity contribution < 1.29 is 14.4 Å². The van der Waals surface area contributed by atoms with E-state index in [4.69, 9.17) is 14.4 Å². The molecule has 23 heavy (non-hydrogen) atoms. The Labute approximate surface area is 138 Å². The predicted octanol–water partition coefficient (Wildman–Crippen LogP) is 3.32. The molecule has 0 radical (unpaired) electrons. The largest absolute Gasteiger partial charge is 0.368 e. The molecule has 1 N–H and O–H groups in total. The molecule has 0 spiro atoms. The molecular formula is C17H29N3O3. The number of aromatic nitrogens is 3. The molecule has 0 aliphatic carbocycles. The lowest BCUT2D eigenvalue weighted by atomic mass is 10.2. The molecule has 2 aromatic heterocycles. The Kier molecular flexibility index (Phi) is 9.24. The number of aliphatic hydroxyl groups excluding tert-OH is 1. The summed E-state index contributed by atoms with van der Waals surface area (Å²) in [5.74, 6) is 1.92. The Morgan fingerprint density at radius 2 is 2.13 bits per heavy atom. The first-order valence-corrected chi connectivity index (χ1v) is 8.41. The summed E-state index contributed by atoms with van der Waals surface area (Å²) < 4.78 is 11.9. The predicted molar refractivity (Wildman–Crippen MR) is 89.1 cm³/mol. The number of hydrogen-bond acceptors (Lipinski definition) is 5. The average molecular weight is 323 g/mol. The number of hydrogen-bond donors (Lipinski definition) is 1. The van der Waals surface area contributed by atoms with E-state index in [-0.39, 0.29) is 0 Å². The number of aryl methyl sites for hydroxylation is 2. The fraction of sp³-hybridized carbons (Fsp3) is 0.647. The van der Waals surface area contributed by atoms with Gasteiger partial charge in [0.2, 0.25) is 0 Å². The van der Waals surface area contributed by atoms with Crippen LogP contribution in [-0.2, 0) is 17.7 Å². The summed E-state index contributed by atoms with van der Waals surface area (Å²) in [5, 5.41) is 12.6. The number of ether oxygens (including phenoxy) is 1. The molecule has 0 amide bonds. The minimum atomic E-state index is -0.464. The first kappa shape index (κ1) is 19.4. The van der Waals surface area contributed by atoms with E-state index in [9.17, 15) is 0 Å². The van der Waals surface area contributed by atoms with Crippen LogP contribution >= 0.6 is 0 Å². The molecule has 0 bridgehead atoms. The molecule has 3 heterocycles. The topological polar surface area (TPSA) is 73.3 Å². The number of imidazole rings is 1. The van der Waals surface area contributed by atoms with Crippen molar-refractivity contribution in [2.75, 3.05) is 6.61 Å². The zero-order chi connectivity index (χ0) is 17.1. The van der Waals surface area contributed by atoms with Crippen LogP contribution in [0.25, 0.3) is 0 Å². The summed E-state index contributed by atoms with van der Waals surface area (Å²) in [6.45, 7) is 9.46. The second kappa shape index (κ2) is 11.0. The highest BCUT2D eigenvalue weighted by Crippen LogP contribution is 2.09. The third-order valence-electron chi connectivity index (χ3n) is 3.28. The second-order valence-corrected chi connectivity index (χ2v) is 5.08. The van der Waals surface area contributed by atoms with Crippen molar-refractivity contribution in [1.29, 1.82) is 0 Å². The van der Waals surface area contributed by atoms with Crippen LogP contribution in [0.5, 0.6) is 0 Å². The fourth-order valence-corrected chi connectivity index (χ4v) is 2.19. The van der Waals surface area contributed by atoms with Crippen molar-refractivity contribution in [2.45, 2.75) is 66.2 Å². The smallest absolute Gasteiger partial charge is 0.154 e. The molecule has 3 rings (SSSR count). The van der Waals surface area contributed by atoms with Crippen molar-refractivity contribution in [3.63, 3.8) is 0 Å². The van der Waals surface area contributed by atoms with Crippen molar-refractivity contribution in [1.82, 2.24) is 14.7 Å². The van der Waals surface area contributed by atoms with E-state index in [1.807, 2.05) is 39.2 Å². The van der Waals surface area contributed by atoms with Gasteiger partial charge in [-0.15, -0.1) is 0 Å². The summed E-state index contributed by atoms with van der Waals surface area (Å²) in [6.07, 6.45) is 7.28. The maximum Gasteiger partial charge on any atom is 0.154 e. The first-order valence-electron chi connectivity index (χ1n) is 8.41. The van der Waals surface area contributed by atoms with E-state index in [2.05, 4.69) is 21.6 Å². The average Bonchev–Trinajstić information content (AvgIpc) is 3.20. The Morgan fingerprint density at radius 3 is 2.61 bits per heavy atom. The lowest BCUT2D eigenvalue weighted by Crippen LogP contribution is -2.17. The molecule has 2 aromatic rings. The van der Waals surface area contributed by atoms with Crippen LogP contribution in [0, 0.1) is 6.92 Å². The third kappa shape index (κ3) is 6.97. The SMILES string of the molecule is CC.CCc1nccn1Cc1cc(C)on1.OC1CCCCO1. The van der Waals surface area contributed by atoms with Gasteiger partial charge in [-0.1, -0.05) is 25.9 Å². The summed E-state index contributed by atoms with van der Waals surface area (Å²) in [6, 6.07) is 1.94. The van der Waals surface area contributed by atoms with E-state index in [0.717, 1.165) is 56.1 Å². The molecule has 1 unspecified atom stereocenters. The van der Waals surface area contributed by atoms with E-state index < -0.39 is 6.29 Å². The quantitative estimate of drug-likeness (QED) is 0.938. The molecule has 1 saturated heterocycles. The molecule has 1 atom stereocenters. The minimum absolute atomic E-state index is 0.464. The van der Waals surface area contributed by atoms with E-state index >= 15 is 0 Å². The zero-order valence-electron chi connectivity index (χ0n) is 14.7. The van der Waals surface area contributed by atoms with Gasteiger partial charge in [0.25, 0.3) is 0 Å². The number of nitrogens with zero attached hydrogens (tertiary/aromatic N) is 3. The Morgan fingerprint density at radius 1 is 1.35 bits per heavy atom. The molecule has 6 heteroatoms. The van der Waals surface area contributed by atoms with Crippen LogP contribution < -0.4 is 0 Å². The van der Waals surface area contributed by atoms with Crippen molar-refractivity contribution >= 4 is 0 Å². The van der Waals surface area contributed by atoms with Crippen LogP contribution in [0.1, 0.15) is 57.3 Å². The van der Waals surface area contributed by atoms with Gasteiger partial charge in [0.15, 0.2) is 6.29 Å². The van der Waals surface area contributed by atoms with E-state index in [0.29, 0.717) is 0 Å². The minimum Gasteiger partial charge on any atom is -0.368 e. The number of rotatable bonds is 3. The van der Waals surface area contributed by atoms with Gasteiger partial charge in [-0.2, -0.15) is 0 Å². The van der Waals surface area contributed by atoms with Gasteiger partial charge in [0.05, 0.1) is 6.54 Å². The lowest BCUT2D eigenvalue weighted by molar-refractivity contribution is -0.123. The van der Waals surface area contributed by atoms with Gasteiger partial charge >= 0.3 is 0 Å². The molecule has 1 aliphatic heterocycles. The van der Waals surface area contributed by atoms with Gasteiger partial charge in [-0.05, 0) is 26.2 Å². The molecule has 1 fully saturated rings. The molecule has 6 nitrogen and oxygen atoms in total. The Bertz CT molecular complexity index is 531. The summed E-state index contributed by atoms with van der Waals surface area (Å²) >= 11 is 0. The fourth-order valence-electron chi connectivity index (χ4n) is 2.19. The van der Waals surface area contributed by atoms with Gasteiger partial charge < -0.3 is 18.9 Å². The van der Waals surface area contributed by atoms with E-state index in [1.54, 1.807) is 0 Å².